The molecule has 0 saturated heterocycles. The number of aliphatic imine (C=N–C) groups is 1. The molecule has 0 radical (unpaired) electrons. The van der Waals surface area contributed by atoms with Crippen LogP contribution in [0.5, 0.6) is 0 Å². The molecule has 70 valence electrons. The van der Waals surface area contributed by atoms with E-state index in [-0.39, 0.29) is 5.41 Å². The van der Waals surface area contributed by atoms with E-state index in [1.165, 1.54) is 5.56 Å². The number of hydrogen-bond acceptors (Lipinski definition) is 2. The van der Waals surface area contributed by atoms with E-state index < -0.39 is 0 Å². The van der Waals surface area contributed by atoms with E-state index in [2.05, 4.69) is 24.1 Å². The molecule has 0 saturated carbocycles. The Morgan fingerprint density at radius 1 is 1.43 bits per heavy atom. The molecule has 14 heavy (non-hydrogen) atoms. The van der Waals surface area contributed by atoms with Gasteiger partial charge in [0.05, 0.1) is 11.8 Å². The van der Waals surface area contributed by atoms with Crippen LogP contribution in [0.4, 0.5) is 5.69 Å². The van der Waals surface area contributed by atoms with E-state index >= 15 is 0 Å². The Bertz CT molecular complexity index is 440. The average Bonchev–Trinajstić information content (AvgIpc) is 2.41. The summed E-state index contributed by atoms with van der Waals surface area (Å²) in [4.78, 5) is 4.49. The first-order valence-electron chi connectivity index (χ1n) is 4.71. The van der Waals surface area contributed by atoms with Crippen LogP contribution in [0, 0.1) is 11.3 Å². The monoisotopic (exact) mass is 184 g/mol. The summed E-state index contributed by atoms with van der Waals surface area (Å²) in [7, 11) is 0. The summed E-state index contributed by atoms with van der Waals surface area (Å²) in [5, 5.41) is 8.83. The Balaban J connectivity index is 2.57. The molecule has 0 bridgehead atoms. The molecule has 1 unspecified atom stereocenters. The number of rotatable bonds is 1. The van der Waals surface area contributed by atoms with Gasteiger partial charge in [0.2, 0.25) is 0 Å². The highest BCUT2D eigenvalue weighted by molar-refractivity contribution is 6.00. The van der Waals surface area contributed by atoms with E-state index in [1.807, 2.05) is 25.1 Å². The number of nitrogens with zero attached hydrogens (tertiary/aromatic N) is 2. The Hall–Kier alpha value is -1.62. The van der Waals surface area contributed by atoms with Crippen molar-refractivity contribution in [2.45, 2.75) is 25.7 Å². The molecule has 0 aliphatic carbocycles. The maximum absolute atomic E-state index is 8.83. The van der Waals surface area contributed by atoms with Crippen molar-refractivity contribution in [1.29, 1.82) is 5.26 Å². The average molecular weight is 184 g/mol. The summed E-state index contributed by atoms with van der Waals surface area (Å²) in [6.45, 7) is 4.08. The number of fused-ring (bicyclic) bond motifs is 1. The van der Waals surface area contributed by atoms with Gasteiger partial charge in [0.1, 0.15) is 0 Å². The molecule has 1 aliphatic rings. The lowest BCUT2D eigenvalue weighted by Gasteiger charge is -2.22. The molecular formula is C12H12N2. The van der Waals surface area contributed by atoms with Gasteiger partial charge in [0.25, 0.3) is 0 Å². The molecule has 0 fully saturated rings. The quantitative estimate of drug-likeness (QED) is 0.661. The minimum atomic E-state index is -0.175. The molecule has 2 heteroatoms. The van der Waals surface area contributed by atoms with Crippen molar-refractivity contribution in [3.63, 3.8) is 0 Å². The summed E-state index contributed by atoms with van der Waals surface area (Å²) in [6, 6.07) is 10.3. The fraction of sp³-hybridized carbons (Fsp3) is 0.333. The minimum Gasteiger partial charge on any atom is -0.257 e. The van der Waals surface area contributed by atoms with Crippen molar-refractivity contribution in [1.82, 2.24) is 0 Å². The van der Waals surface area contributed by atoms with Gasteiger partial charge in [0.15, 0.2) is 0 Å². The lowest BCUT2D eigenvalue weighted by molar-refractivity contribution is 0.668. The molecule has 1 heterocycles. The van der Waals surface area contributed by atoms with Crippen LogP contribution in [0.15, 0.2) is 29.3 Å². The second-order valence-corrected chi connectivity index (χ2v) is 3.88. The first-order valence-corrected chi connectivity index (χ1v) is 4.71. The molecule has 1 aliphatic heterocycles. The van der Waals surface area contributed by atoms with Gasteiger partial charge in [-0.2, -0.15) is 5.26 Å². The second kappa shape index (κ2) is 2.95. The van der Waals surface area contributed by atoms with Crippen molar-refractivity contribution in [2.24, 2.45) is 4.99 Å². The van der Waals surface area contributed by atoms with Gasteiger partial charge in [-0.1, -0.05) is 18.2 Å². The van der Waals surface area contributed by atoms with Gasteiger partial charge in [-0.25, -0.2) is 0 Å². The molecule has 1 aromatic carbocycles. The van der Waals surface area contributed by atoms with Crippen molar-refractivity contribution in [3.8, 4) is 6.07 Å². The molecular weight excluding hydrogens is 172 g/mol. The molecule has 2 nitrogen and oxygen atoms in total. The minimum absolute atomic E-state index is 0.175. The lowest BCUT2D eigenvalue weighted by atomic mass is 9.78. The van der Waals surface area contributed by atoms with Gasteiger partial charge >= 0.3 is 0 Å². The van der Waals surface area contributed by atoms with Gasteiger partial charge in [0, 0.05) is 17.5 Å². The third-order valence-electron chi connectivity index (χ3n) is 3.02. The highest BCUT2D eigenvalue weighted by atomic mass is 14.8. The third-order valence-corrected chi connectivity index (χ3v) is 3.02. The van der Waals surface area contributed by atoms with Crippen molar-refractivity contribution in [3.05, 3.63) is 29.8 Å². The van der Waals surface area contributed by atoms with Crippen LogP contribution in [-0.2, 0) is 5.41 Å². The number of hydrogen-bond donors (Lipinski definition) is 0. The summed E-state index contributed by atoms with van der Waals surface area (Å²) in [6.07, 6.45) is 0.499. The Morgan fingerprint density at radius 2 is 2.14 bits per heavy atom. The highest BCUT2D eigenvalue weighted by Crippen LogP contribution is 2.41. The predicted molar refractivity (Wildman–Crippen MR) is 56.8 cm³/mol. The van der Waals surface area contributed by atoms with Crippen LogP contribution in [0.3, 0.4) is 0 Å². The SMILES string of the molecule is CC1=Nc2ccccc2C1(C)CC#N. The van der Waals surface area contributed by atoms with Crippen LogP contribution < -0.4 is 0 Å². The standard InChI is InChI=1S/C12H12N2/c1-9-12(2,7-8-13)10-5-3-4-6-11(10)14-9/h3-6H,7H2,1-2H3. The topological polar surface area (TPSA) is 36.1 Å². The third kappa shape index (κ3) is 1.06. The lowest BCUT2D eigenvalue weighted by Crippen LogP contribution is -2.26. The molecule has 0 amide bonds. The van der Waals surface area contributed by atoms with Crippen LogP contribution in [0.25, 0.3) is 0 Å². The van der Waals surface area contributed by atoms with E-state index in [4.69, 9.17) is 5.26 Å². The van der Waals surface area contributed by atoms with E-state index in [0.717, 1.165) is 11.4 Å². The number of nitriles is 1. The van der Waals surface area contributed by atoms with Crippen LogP contribution in [0.1, 0.15) is 25.8 Å². The Kier molecular flexibility index (Phi) is 1.89. The van der Waals surface area contributed by atoms with Crippen LogP contribution >= 0.6 is 0 Å². The zero-order valence-electron chi connectivity index (χ0n) is 8.41. The first-order chi connectivity index (χ1) is 6.68. The Morgan fingerprint density at radius 3 is 2.86 bits per heavy atom. The molecule has 1 aromatic rings. The van der Waals surface area contributed by atoms with E-state index in [0.29, 0.717) is 6.42 Å². The number of benzene rings is 1. The van der Waals surface area contributed by atoms with Crippen molar-refractivity contribution < 1.29 is 0 Å². The van der Waals surface area contributed by atoms with Crippen molar-refractivity contribution >= 4 is 11.4 Å². The summed E-state index contributed by atoms with van der Waals surface area (Å²) in [5.41, 5.74) is 3.06. The van der Waals surface area contributed by atoms with E-state index in [9.17, 15) is 0 Å². The van der Waals surface area contributed by atoms with Gasteiger partial charge < -0.3 is 0 Å². The van der Waals surface area contributed by atoms with Crippen LogP contribution in [-0.4, -0.2) is 5.71 Å². The first kappa shape index (κ1) is 8.96. The summed E-state index contributed by atoms with van der Waals surface area (Å²) < 4.78 is 0. The van der Waals surface area contributed by atoms with Crippen molar-refractivity contribution in [2.75, 3.05) is 0 Å². The maximum atomic E-state index is 8.83. The maximum Gasteiger partial charge on any atom is 0.0671 e. The highest BCUT2D eigenvalue weighted by Gasteiger charge is 2.36. The molecule has 1 atom stereocenters. The van der Waals surface area contributed by atoms with E-state index in [1.54, 1.807) is 0 Å². The largest absolute Gasteiger partial charge is 0.257 e. The van der Waals surface area contributed by atoms with Gasteiger partial charge in [-0.05, 0) is 25.5 Å². The fourth-order valence-corrected chi connectivity index (χ4v) is 1.92. The normalized spacial score (nSPS) is 23.9. The summed E-state index contributed by atoms with van der Waals surface area (Å²) in [5.74, 6) is 0. The molecule has 0 aromatic heterocycles. The molecule has 0 spiro atoms. The predicted octanol–water partition coefficient (Wildman–Crippen LogP) is 2.96. The molecule has 2 rings (SSSR count). The van der Waals surface area contributed by atoms with Gasteiger partial charge in [-0.15, -0.1) is 0 Å². The van der Waals surface area contributed by atoms with Crippen LogP contribution in [0.2, 0.25) is 0 Å². The summed E-state index contributed by atoms with van der Waals surface area (Å²) >= 11 is 0. The zero-order valence-corrected chi connectivity index (χ0v) is 8.41. The fourth-order valence-electron chi connectivity index (χ4n) is 1.92. The number of para-hydroxylation sites is 1. The second-order valence-electron chi connectivity index (χ2n) is 3.88. The van der Waals surface area contributed by atoms with Gasteiger partial charge in [-0.3, -0.25) is 4.99 Å². The molecule has 0 N–H and O–H groups in total. The Labute approximate surface area is 83.9 Å². The smallest absolute Gasteiger partial charge is 0.0671 e. The zero-order chi connectivity index (χ0) is 10.2.